The molecule has 154 valence electrons. The first kappa shape index (κ1) is 22.5. The second kappa shape index (κ2) is 8.27. The Kier molecular flexibility index (Phi) is 6.63. The fraction of sp³-hybridized carbons (Fsp3) is 0.250. The van der Waals surface area contributed by atoms with Crippen LogP contribution in [-0.2, 0) is 36.5 Å². The first-order chi connectivity index (χ1) is 12.8. The summed E-state index contributed by atoms with van der Waals surface area (Å²) in [7, 11) is -8.46. The van der Waals surface area contributed by atoms with Gasteiger partial charge in [-0.15, -0.1) is 0 Å². The zero-order valence-electron chi connectivity index (χ0n) is 15.2. The molecule has 0 heterocycles. The number of nitrogens with two attached hydrogens (primary N) is 1. The summed E-state index contributed by atoms with van der Waals surface area (Å²) >= 11 is 0. The largest absolute Gasteiger partial charge is 0.242 e. The molecule has 0 unspecified atom stereocenters. The van der Waals surface area contributed by atoms with Gasteiger partial charge in [0.15, 0.2) is 0 Å². The lowest BCUT2D eigenvalue weighted by Crippen LogP contribution is -2.26. The molecule has 0 saturated carbocycles. The van der Waals surface area contributed by atoms with Crippen LogP contribution in [0.2, 0.25) is 0 Å². The zero-order valence-corrected chi connectivity index (χ0v) is 17.7. The lowest BCUT2D eigenvalue weighted by molar-refractivity contribution is 0.520. The number of hydrogen-bond donors (Lipinski definition) is 2. The summed E-state index contributed by atoms with van der Waals surface area (Å²) in [6, 6.07) is 10.7. The fourth-order valence-corrected chi connectivity index (χ4v) is 4.71. The Labute approximate surface area is 165 Å². The maximum atomic E-state index is 12.3. The minimum atomic E-state index is -3.82. The third-order valence-corrected chi connectivity index (χ3v) is 8.11. The van der Waals surface area contributed by atoms with Gasteiger partial charge in [-0.2, -0.15) is 0 Å². The van der Waals surface area contributed by atoms with E-state index in [4.69, 9.17) is 5.14 Å². The summed E-state index contributed by atoms with van der Waals surface area (Å²) in [4.78, 5) is -0.0919. The number of sulfonamides is 3. The molecule has 0 atom stereocenters. The lowest BCUT2D eigenvalue weighted by Gasteiger charge is -2.12. The SMILES string of the molecule is CN(C)S(=O)(=O)c1ccc(S(=O)(=O)NCCc2ccc(S(N)(=O)=O)cc2)cc1. The third-order valence-electron chi connectivity index (χ3n) is 3.87. The van der Waals surface area contributed by atoms with E-state index in [0.29, 0.717) is 6.42 Å². The van der Waals surface area contributed by atoms with Crippen LogP contribution in [0.3, 0.4) is 0 Å². The molecule has 2 aromatic rings. The van der Waals surface area contributed by atoms with E-state index in [0.717, 1.165) is 9.87 Å². The van der Waals surface area contributed by atoms with Crippen LogP contribution in [0.4, 0.5) is 0 Å². The number of primary sulfonamides is 1. The number of nitrogens with one attached hydrogen (secondary N) is 1. The van der Waals surface area contributed by atoms with E-state index in [2.05, 4.69) is 4.72 Å². The second-order valence-corrected chi connectivity index (χ2v) is 11.6. The summed E-state index contributed by atoms with van der Waals surface area (Å²) in [5, 5.41) is 5.02. The van der Waals surface area contributed by atoms with Crippen molar-refractivity contribution in [3.8, 4) is 0 Å². The zero-order chi connectivity index (χ0) is 21.2. The van der Waals surface area contributed by atoms with Crippen LogP contribution in [0.25, 0.3) is 0 Å². The first-order valence-electron chi connectivity index (χ1n) is 7.98. The Morgan fingerprint density at radius 2 is 1.25 bits per heavy atom. The van der Waals surface area contributed by atoms with E-state index < -0.39 is 30.1 Å². The summed E-state index contributed by atoms with van der Waals surface area (Å²) < 4.78 is 74.6. The van der Waals surface area contributed by atoms with Gasteiger partial charge in [-0.1, -0.05) is 12.1 Å². The molecule has 2 rings (SSSR count). The molecule has 0 amide bonds. The molecule has 28 heavy (non-hydrogen) atoms. The highest BCUT2D eigenvalue weighted by Gasteiger charge is 2.19. The Bertz CT molecular complexity index is 1140. The van der Waals surface area contributed by atoms with E-state index in [9.17, 15) is 25.3 Å². The van der Waals surface area contributed by atoms with Crippen molar-refractivity contribution in [3.63, 3.8) is 0 Å². The van der Waals surface area contributed by atoms with Gasteiger partial charge in [0.05, 0.1) is 14.7 Å². The Hall–Kier alpha value is -1.83. The van der Waals surface area contributed by atoms with Crippen LogP contribution < -0.4 is 9.86 Å². The maximum Gasteiger partial charge on any atom is 0.242 e. The Morgan fingerprint density at radius 1 is 0.786 bits per heavy atom. The van der Waals surface area contributed by atoms with Gasteiger partial charge in [-0.05, 0) is 48.4 Å². The van der Waals surface area contributed by atoms with E-state index in [1.807, 2.05) is 0 Å². The molecule has 0 aliphatic carbocycles. The summed E-state index contributed by atoms with van der Waals surface area (Å²) in [6.07, 6.45) is 0.331. The lowest BCUT2D eigenvalue weighted by atomic mass is 10.2. The smallest absolute Gasteiger partial charge is 0.225 e. The topological polar surface area (TPSA) is 144 Å². The van der Waals surface area contributed by atoms with Gasteiger partial charge in [0, 0.05) is 20.6 Å². The quantitative estimate of drug-likeness (QED) is 0.588. The van der Waals surface area contributed by atoms with Crippen molar-refractivity contribution in [2.75, 3.05) is 20.6 Å². The van der Waals surface area contributed by atoms with E-state index >= 15 is 0 Å². The highest BCUT2D eigenvalue weighted by molar-refractivity contribution is 7.90. The summed E-state index contributed by atoms with van der Waals surface area (Å²) in [5.74, 6) is 0. The highest BCUT2D eigenvalue weighted by atomic mass is 32.2. The van der Waals surface area contributed by atoms with Crippen LogP contribution in [0.1, 0.15) is 5.56 Å². The minimum Gasteiger partial charge on any atom is -0.225 e. The normalized spacial score (nSPS) is 13.0. The van der Waals surface area contributed by atoms with Gasteiger partial charge in [0.1, 0.15) is 0 Å². The molecule has 0 saturated heterocycles. The molecule has 9 nitrogen and oxygen atoms in total. The van der Waals surface area contributed by atoms with E-state index in [1.54, 1.807) is 12.1 Å². The maximum absolute atomic E-state index is 12.3. The van der Waals surface area contributed by atoms with Crippen LogP contribution in [0.5, 0.6) is 0 Å². The molecule has 0 aromatic heterocycles. The van der Waals surface area contributed by atoms with E-state index in [-0.39, 0.29) is 21.2 Å². The molecule has 2 aromatic carbocycles. The Balaban J connectivity index is 2.04. The molecule has 0 aliphatic heterocycles. The van der Waals surface area contributed by atoms with Gasteiger partial charge in [0.25, 0.3) is 0 Å². The van der Waals surface area contributed by atoms with Crippen molar-refractivity contribution in [3.05, 3.63) is 54.1 Å². The molecule has 0 spiro atoms. The van der Waals surface area contributed by atoms with Gasteiger partial charge >= 0.3 is 0 Å². The molecule has 3 N–H and O–H groups in total. The molecule has 0 fully saturated rings. The highest BCUT2D eigenvalue weighted by Crippen LogP contribution is 2.17. The van der Waals surface area contributed by atoms with Gasteiger partial charge in [-0.25, -0.2) is 39.4 Å². The van der Waals surface area contributed by atoms with Crippen molar-refractivity contribution in [2.45, 2.75) is 21.1 Å². The molecule has 12 heteroatoms. The predicted octanol–water partition coefficient (Wildman–Crippen LogP) is 0.105. The van der Waals surface area contributed by atoms with Crippen molar-refractivity contribution in [1.82, 2.24) is 9.03 Å². The molecule has 0 bridgehead atoms. The van der Waals surface area contributed by atoms with Gasteiger partial charge in [0.2, 0.25) is 30.1 Å². The average Bonchev–Trinajstić information content (AvgIpc) is 2.61. The minimum absolute atomic E-state index is 0.00797. The van der Waals surface area contributed by atoms with Gasteiger partial charge in [-0.3, -0.25) is 0 Å². The first-order valence-corrected chi connectivity index (χ1v) is 12.4. The third kappa shape index (κ3) is 5.37. The monoisotopic (exact) mass is 447 g/mol. The average molecular weight is 448 g/mol. The van der Waals surface area contributed by atoms with Crippen molar-refractivity contribution in [1.29, 1.82) is 0 Å². The van der Waals surface area contributed by atoms with Gasteiger partial charge < -0.3 is 0 Å². The van der Waals surface area contributed by atoms with Crippen LogP contribution in [0.15, 0.2) is 63.2 Å². The molecule has 0 aliphatic rings. The molecule has 0 radical (unpaired) electrons. The molecular formula is C16H21N3O6S3. The van der Waals surface area contributed by atoms with Crippen molar-refractivity contribution in [2.24, 2.45) is 5.14 Å². The summed E-state index contributed by atoms with van der Waals surface area (Å²) in [6.45, 7) is 0.0782. The number of hydrogen-bond acceptors (Lipinski definition) is 6. The standard InChI is InChI=1S/C16H21N3O6S3/c1-19(2)28(24,25)16-9-7-15(8-10-16)27(22,23)18-12-11-13-3-5-14(6-4-13)26(17,20)21/h3-10,18H,11-12H2,1-2H3,(H2,17,20,21). The molecular weight excluding hydrogens is 426 g/mol. The van der Waals surface area contributed by atoms with Crippen LogP contribution in [0, 0.1) is 0 Å². The van der Waals surface area contributed by atoms with Crippen LogP contribution in [-0.4, -0.2) is 50.2 Å². The second-order valence-electron chi connectivity index (χ2n) is 6.10. The Morgan fingerprint density at radius 3 is 1.71 bits per heavy atom. The summed E-state index contributed by atoms with van der Waals surface area (Å²) in [5.41, 5.74) is 0.725. The van der Waals surface area contributed by atoms with E-state index in [1.165, 1.54) is 50.5 Å². The number of benzene rings is 2. The number of rotatable bonds is 8. The van der Waals surface area contributed by atoms with Crippen molar-refractivity contribution >= 4 is 30.1 Å². The number of nitrogens with zero attached hydrogens (tertiary/aromatic N) is 1. The van der Waals surface area contributed by atoms with Crippen molar-refractivity contribution < 1.29 is 25.3 Å². The fourth-order valence-electron chi connectivity index (χ4n) is 2.26. The predicted molar refractivity (Wildman–Crippen MR) is 104 cm³/mol. The van der Waals surface area contributed by atoms with Crippen LogP contribution >= 0.6 is 0 Å².